The van der Waals surface area contributed by atoms with Crippen LogP contribution < -0.4 is 4.90 Å². The molecule has 0 saturated carbocycles. The Labute approximate surface area is 91.0 Å². The molecule has 0 fully saturated rings. The van der Waals surface area contributed by atoms with E-state index in [1.54, 1.807) is 0 Å². The molecule has 1 aliphatic rings. The Morgan fingerprint density at radius 2 is 1.93 bits per heavy atom. The van der Waals surface area contributed by atoms with Gasteiger partial charge in [0, 0.05) is 11.9 Å². The van der Waals surface area contributed by atoms with Crippen LogP contribution in [0.25, 0.3) is 0 Å². The summed E-state index contributed by atoms with van der Waals surface area (Å²) in [5.74, 6) is 0. The number of rotatable bonds is 2. The lowest BCUT2D eigenvalue weighted by Crippen LogP contribution is -2.28. The van der Waals surface area contributed by atoms with Crippen molar-refractivity contribution >= 4 is 5.69 Å². The van der Waals surface area contributed by atoms with E-state index in [0.717, 1.165) is 0 Å². The summed E-state index contributed by atoms with van der Waals surface area (Å²) in [5, 5.41) is 0. The number of anilines is 1. The molecule has 15 heavy (non-hydrogen) atoms. The van der Waals surface area contributed by atoms with Crippen molar-refractivity contribution in [1.29, 1.82) is 0 Å². The molecule has 0 saturated heterocycles. The first-order valence-corrected chi connectivity index (χ1v) is 5.14. The zero-order chi connectivity index (χ0) is 10.7. The first kappa shape index (κ1) is 9.78. The van der Waals surface area contributed by atoms with Gasteiger partial charge < -0.3 is 4.90 Å². The Bertz CT molecular complexity index is 398. The van der Waals surface area contributed by atoms with E-state index < -0.39 is 0 Å². The van der Waals surface area contributed by atoms with Crippen LogP contribution in [0.1, 0.15) is 5.56 Å². The average molecular weight is 197 g/mol. The first-order chi connectivity index (χ1) is 7.31. The standard InChI is InChI=1S/C14H15N/c1-3-13-6-4-5-11-15(13)14-9-7-12(2)8-10-14/h3-11,13H,1H2,2H3. The first-order valence-electron chi connectivity index (χ1n) is 5.14. The second kappa shape index (κ2) is 4.18. The Kier molecular flexibility index (Phi) is 2.72. The molecule has 0 bridgehead atoms. The molecular weight excluding hydrogens is 182 g/mol. The maximum absolute atomic E-state index is 3.85. The van der Waals surface area contributed by atoms with Crippen molar-refractivity contribution in [3.8, 4) is 0 Å². The second-order valence-electron chi connectivity index (χ2n) is 3.70. The Morgan fingerprint density at radius 3 is 2.60 bits per heavy atom. The van der Waals surface area contributed by atoms with E-state index in [-0.39, 0.29) is 6.04 Å². The summed E-state index contributed by atoms with van der Waals surface area (Å²) in [4.78, 5) is 2.20. The molecule has 1 aromatic carbocycles. The monoisotopic (exact) mass is 197 g/mol. The minimum atomic E-state index is 0.262. The summed E-state index contributed by atoms with van der Waals surface area (Å²) in [6, 6.07) is 8.78. The normalized spacial score (nSPS) is 19.3. The molecule has 0 radical (unpaired) electrons. The smallest absolute Gasteiger partial charge is 0.0700 e. The van der Waals surface area contributed by atoms with Gasteiger partial charge in [-0.3, -0.25) is 0 Å². The summed E-state index contributed by atoms with van der Waals surface area (Å²) in [5.41, 5.74) is 2.48. The van der Waals surface area contributed by atoms with Gasteiger partial charge in [-0.1, -0.05) is 35.9 Å². The van der Waals surface area contributed by atoms with Gasteiger partial charge in [0.1, 0.15) is 0 Å². The third-order valence-electron chi connectivity index (χ3n) is 2.56. The van der Waals surface area contributed by atoms with Gasteiger partial charge in [-0.15, -0.1) is 6.58 Å². The highest BCUT2D eigenvalue weighted by Gasteiger charge is 2.12. The maximum Gasteiger partial charge on any atom is 0.0700 e. The Morgan fingerprint density at radius 1 is 1.20 bits per heavy atom. The zero-order valence-electron chi connectivity index (χ0n) is 8.93. The minimum absolute atomic E-state index is 0.262. The fourth-order valence-electron chi connectivity index (χ4n) is 1.68. The topological polar surface area (TPSA) is 3.24 Å². The lowest BCUT2D eigenvalue weighted by Gasteiger charge is -2.28. The van der Waals surface area contributed by atoms with Gasteiger partial charge in [-0.05, 0) is 25.1 Å². The van der Waals surface area contributed by atoms with Crippen LogP contribution in [-0.2, 0) is 0 Å². The largest absolute Gasteiger partial charge is 0.338 e. The Balaban J connectivity index is 2.29. The lowest BCUT2D eigenvalue weighted by molar-refractivity contribution is 0.926. The van der Waals surface area contributed by atoms with E-state index in [2.05, 4.69) is 61.0 Å². The number of benzene rings is 1. The van der Waals surface area contributed by atoms with Crippen LogP contribution in [0.2, 0.25) is 0 Å². The van der Waals surface area contributed by atoms with Crippen LogP contribution in [-0.4, -0.2) is 6.04 Å². The molecule has 1 atom stereocenters. The van der Waals surface area contributed by atoms with Gasteiger partial charge in [0.15, 0.2) is 0 Å². The predicted molar refractivity (Wildman–Crippen MR) is 65.9 cm³/mol. The molecule has 0 aromatic heterocycles. The van der Waals surface area contributed by atoms with Crippen LogP contribution in [0.4, 0.5) is 5.69 Å². The van der Waals surface area contributed by atoms with Gasteiger partial charge in [-0.2, -0.15) is 0 Å². The van der Waals surface area contributed by atoms with Gasteiger partial charge in [-0.25, -0.2) is 0 Å². The SMILES string of the molecule is C=CC1C=CC=CN1c1ccc(C)cc1. The third-order valence-corrected chi connectivity index (χ3v) is 2.56. The van der Waals surface area contributed by atoms with Gasteiger partial charge >= 0.3 is 0 Å². The summed E-state index contributed by atoms with van der Waals surface area (Å²) < 4.78 is 0. The van der Waals surface area contributed by atoms with Crippen molar-refractivity contribution in [2.75, 3.05) is 4.90 Å². The van der Waals surface area contributed by atoms with Crippen LogP contribution in [0, 0.1) is 6.92 Å². The molecule has 1 aliphatic heterocycles. The third kappa shape index (κ3) is 2.01. The maximum atomic E-state index is 3.85. The second-order valence-corrected chi connectivity index (χ2v) is 3.70. The average Bonchev–Trinajstić information content (AvgIpc) is 2.30. The van der Waals surface area contributed by atoms with Crippen LogP contribution in [0.15, 0.2) is 61.3 Å². The van der Waals surface area contributed by atoms with Crippen molar-refractivity contribution in [2.24, 2.45) is 0 Å². The van der Waals surface area contributed by atoms with E-state index >= 15 is 0 Å². The van der Waals surface area contributed by atoms with E-state index in [0.29, 0.717) is 0 Å². The van der Waals surface area contributed by atoms with Gasteiger partial charge in [0.05, 0.1) is 6.04 Å². The molecule has 0 aliphatic carbocycles. The van der Waals surface area contributed by atoms with Crippen molar-refractivity contribution in [2.45, 2.75) is 13.0 Å². The lowest BCUT2D eigenvalue weighted by atomic mass is 10.1. The fraction of sp³-hybridized carbons (Fsp3) is 0.143. The molecule has 76 valence electrons. The molecule has 1 heterocycles. The molecular formula is C14H15N. The number of aryl methyl sites for hydroxylation is 1. The van der Waals surface area contributed by atoms with Gasteiger partial charge in [0.2, 0.25) is 0 Å². The fourth-order valence-corrected chi connectivity index (χ4v) is 1.68. The van der Waals surface area contributed by atoms with Crippen LogP contribution in [0.5, 0.6) is 0 Å². The van der Waals surface area contributed by atoms with Crippen molar-refractivity contribution < 1.29 is 0 Å². The van der Waals surface area contributed by atoms with Gasteiger partial charge in [0.25, 0.3) is 0 Å². The quantitative estimate of drug-likeness (QED) is 0.656. The molecule has 0 spiro atoms. The number of hydrogen-bond acceptors (Lipinski definition) is 1. The highest BCUT2D eigenvalue weighted by Crippen LogP contribution is 2.21. The van der Waals surface area contributed by atoms with E-state index in [1.165, 1.54) is 11.3 Å². The van der Waals surface area contributed by atoms with Crippen molar-refractivity contribution in [1.82, 2.24) is 0 Å². The molecule has 1 unspecified atom stereocenters. The minimum Gasteiger partial charge on any atom is -0.338 e. The summed E-state index contributed by atoms with van der Waals surface area (Å²) >= 11 is 0. The highest BCUT2D eigenvalue weighted by atomic mass is 15.1. The number of nitrogens with zero attached hydrogens (tertiary/aromatic N) is 1. The summed E-state index contributed by atoms with van der Waals surface area (Å²) in [6.45, 7) is 5.95. The van der Waals surface area contributed by atoms with E-state index in [4.69, 9.17) is 0 Å². The number of allylic oxidation sites excluding steroid dienone is 2. The molecule has 1 aromatic rings. The Hall–Kier alpha value is -1.76. The number of hydrogen-bond donors (Lipinski definition) is 0. The molecule has 1 heteroatoms. The van der Waals surface area contributed by atoms with Crippen LogP contribution in [0.3, 0.4) is 0 Å². The molecule has 0 amide bonds. The van der Waals surface area contributed by atoms with E-state index in [9.17, 15) is 0 Å². The van der Waals surface area contributed by atoms with Crippen molar-refractivity contribution in [3.05, 3.63) is 66.9 Å². The summed E-state index contributed by atoms with van der Waals surface area (Å²) in [6.07, 6.45) is 10.3. The van der Waals surface area contributed by atoms with Crippen molar-refractivity contribution in [3.63, 3.8) is 0 Å². The van der Waals surface area contributed by atoms with E-state index in [1.807, 2.05) is 12.2 Å². The molecule has 1 nitrogen and oxygen atoms in total. The van der Waals surface area contributed by atoms with Crippen LogP contribution >= 0.6 is 0 Å². The summed E-state index contributed by atoms with van der Waals surface area (Å²) in [7, 11) is 0. The zero-order valence-corrected chi connectivity index (χ0v) is 8.93. The molecule has 0 N–H and O–H groups in total. The molecule has 2 rings (SSSR count). The predicted octanol–water partition coefficient (Wildman–Crippen LogP) is 3.44. The highest BCUT2D eigenvalue weighted by molar-refractivity contribution is 5.54.